The minimum atomic E-state index is -0.279. The number of aromatic nitrogens is 1. The van der Waals surface area contributed by atoms with Gasteiger partial charge in [-0.3, -0.25) is 4.79 Å². The second-order valence-electron chi connectivity index (χ2n) is 6.10. The van der Waals surface area contributed by atoms with E-state index < -0.39 is 0 Å². The maximum Gasteiger partial charge on any atom is 0.255 e. The Labute approximate surface area is 166 Å². The van der Waals surface area contributed by atoms with E-state index in [1.54, 1.807) is 42.5 Å². The van der Waals surface area contributed by atoms with Crippen molar-refractivity contribution in [3.63, 3.8) is 0 Å². The molecule has 0 spiro atoms. The summed E-state index contributed by atoms with van der Waals surface area (Å²) in [7, 11) is 0. The first kappa shape index (κ1) is 18.1. The fourth-order valence-corrected chi connectivity index (χ4v) is 3.00. The molecule has 28 heavy (non-hydrogen) atoms. The number of benzene rings is 3. The number of hydrogen-bond donors (Lipinski definition) is 1. The van der Waals surface area contributed by atoms with E-state index >= 15 is 0 Å². The molecule has 4 rings (SSSR count). The van der Waals surface area contributed by atoms with Crippen LogP contribution in [0.3, 0.4) is 0 Å². The monoisotopic (exact) mass is 392 g/mol. The first-order valence-corrected chi connectivity index (χ1v) is 9.21. The molecule has 1 N–H and O–H groups in total. The minimum Gasteiger partial charge on any atom is -0.494 e. The summed E-state index contributed by atoms with van der Waals surface area (Å²) in [5, 5.41) is 3.27. The van der Waals surface area contributed by atoms with E-state index in [-0.39, 0.29) is 5.91 Å². The number of para-hydroxylation sites is 2. The Balaban J connectivity index is 1.62. The first-order chi connectivity index (χ1) is 13.6. The molecule has 3 aromatic carbocycles. The van der Waals surface area contributed by atoms with Gasteiger partial charge in [-0.1, -0.05) is 29.8 Å². The topological polar surface area (TPSA) is 64.4 Å². The minimum absolute atomic E-state index is 0.279. The molecule has 0 fully saturated rings. The summed E-state index contributed by atoms with van der Waals surface area (Å²) in [6.07, 6.45) is 0. The zero-order valence-corrected chi connectivity index (χ0v) is 15.9. The van der Waals surface area contributed by atoms with Crippen LogP contribution >= 0.6 is 11.6 Å². The zero-order valence-electron chi connectivity index (χ0n) is 15.1. The normalized spacial score (nSPS) is 10.8. The SMILES string of the molecule is CCOc1cccc(C(=O)Nc2cc(-c3nc4ccccc4o3)ccc2Cl)c1. The van der Waals surface area contributed by atoms with Crippen LogP contribution in [-0.2, 0) is 0 Å². The van der Waals surface area contributed by atoms with Gasteiger partial charge in [-0.25, -0.2) is 4.98 Å². The van der Waals surface area contributed by atoms with Crippen LogP contribution < -0.4 is 10.1 Å². The third-order valence-electron chi connectivity index (χ3n) is 4.16. The highest BCUT2D eigenvalue weighted by Crippen LogP contribution is 2.30. The number of rotatable bonds is 5. The number of carbonyl (C=O) groups excluding carboxylic acids is 1. The van der Waals surface area contributed by atoms with Gasteiger partial charge in [-0.2, -0.15) is 0 Å². The number of hydrogen-bond acceptors (Lipinski definition) is 4. The number of fused-ring (bicyclic) bond motifs is 1. The fraction of sp³-hybridized carbons (Fsp3) is 0.0909. The molecule has 0 atom stereocenters. The number of nitrogens with one attached hydrogen (secondary N) is 1. The second-order valence-corrected chi connectivity index (χ2v) is 6.50. The zero-order chi connectivity index (χ0) is 19.5. The van der Waals surface area contributed by atoms with Crippen LogP contribution in [0.2, 0.25) is 5.02 Å². The molecular formula is C22H17ClN2O3. The molecule has 1 amide bonds. The number of oxazole rings is 1. The van der Waals surface area contributed by atoms with Gasteiger partial charge in [-0.15, -0.1) is 0 Å². The van der Waals surface area contributed by atoms with Crippen molar-refractivity contribution >= 4 is 34.3 Å². The van der Waals surface area contributed by atoms with Gasteiger partial charge < -0.3 is 14.5 Å². The Bertz CT molecular complexity index is 1120. The molecule has 0 radical (unpaired) electrons. The third kappa shape index (κ3) is 3.70. The van der Waals surface area contributed by atoms with Crippen LogP contribution in [-0.4, -0.2) is 17.5 Å². The van der Waals surface area contributed by atoms with Gasteiger partial charge in [0, 0.05) is 11.1 Å². The standard InChI is InChI=1S/C22H17ClN2O3/c1-2-27-16-7-5-6-14(12-16)21(26)24-19-13-15(10-11-17(19)23)22-25-18-8-3-4-9-20(18)28-22/h3-13H,2H2,1H3,(H,24,26). The van der Waals surface area contributed by atoms with Gasteiger partial charge in [0.2, 0.25) is 5.89 Å². The summed E-state index contributed by atoms with van der Waals surface area (Å²) in [5.74, 6) is 0.825. The van der Waals surface area contributed by atoms with E-state index in [0.717, 1.165) is 11.1 Å². The van der Waals surface area contributed by atoms with Crippen molar-refractivity contribution in [2.75, 3.05) is 11.9 Å². The summed E-state index contributed by atoms with van der Waals surface area (Å²) in [4.78, 5) is 17.1. The smallest absolute Gasteiger partial charge is 0.255 e. The van der Waals surface area contributed by atoms with Crippen LogP contribution in [0, 0.1) is 0 Å². The Kier molecular flexibility index (Phi) is 5.00. The van der Waals surface area contributed by atoms with E-state index in [1.807, 2.05) is 31.2 Å². The quantitative estimate of drug-likeness (QED) is 0.466. The lowest BCUT2D eigenvalue weighted by molar-refractivity contribution is 0.102. The summed E-state index contributed by atoms with van der Waals surface area (Å²) in [5.41, 5.74) is 3.15. The Morgan fingerprint density at radius 3 is 2.79 bits per heavy atom. The molecule has 0 saturated carbocycles. The number of ether oxygens (including phenoxy) is 1. The lowest BCUT2D eigenvalue weighted by atomic mass is 10.1. The third-order valence-corrected chi connectivity index (χ3v) is 4.49. The second kappa shape index (κ2) is 7.74. The number of halogens is 1. The van der Waals surface area contributed by atoms with Gasteiger partial charge in [0.25, 0.3) is 5.91 Å². The number of anilines is 1. The molecule has 5 nitrogen and oxygen atoms in total. The van der Waals surface area contributed by atoms with Crippen molar-refractivity contribution in [2.45, 2.75) is 6.92 Å². The molecule has 0 aliphatic heterocycles. The van der Waals surface area contributed by atoms with Crippen molar-refractivity contribution in [3.8, 4) is 17.2 Å². The predicted molar refractivity (Wildman–Crippen MR) is 110 cm³/mol. The van der Waals surface area contributed by atoms with Crippen LogP contribution in [0.25, 0.3) is 22.6 Å². The average Bonchev–Trinajstić information content (AvgIpc) is 3.14. The van der Waals surface area contributed by atoms with Crippen LogP contribution in [0.4, 0.5) is 5.69 Å². The van der Waals surface area contributed by atoms with Gasteiger partial charge >= 0.3 is 0 Å². The summed E-state index contributed by atoms with van der Waals surface area (Å²) in [6.45, 7) is 2.42. The predicted octanol–water partition coefficient (Wildman–Crippen LogP) is 5.80. The fourth-order valence-electron chi connectivity index (χ4n) is 2.84. The van der Waals surface area contributed by atoms with Crippen molar-refractivity contribution in [2.24, 2.45) is 0 Å². The van der Waals surface area contributed by atoms with Crippen LogP contribution in [0.15, 0.2) is 71.1 Å². The Hall–Kier alpha value is -3.31. The van der Waals surface area contributed by atoms with E-state index in [9.17, 15) is 4.79 Å². The largest absolute Gasteiger partial charge is 0.494 e. The Morgan fingerprint density at radius 1 is 1.11 bits per heavy atom. The molecule has 6 heteroatoms. The highest BCUT2D eigenvalue weighted by molar-refractivity contribution is 6.34. The van der Waals surface area contributed by atoms with Crippen molar-refractivity contribution in [1.29, 1.82) is 0 Å². The molecule has 140 valence electrons. The molecule has 0 aliphatic rings. The highest BCUT2D eigenvalue weighted by Gasteiger charge is 2.13. The van der Waals surface area contributed by atoms with Gasteiger partial charge in [0.1, 0.15) is 11.3 Å². The molecule has 0 aliphatic carbocycles. The molecular weight excluding hydrogens is 376 g/mol. The van der Waals surface area contributed by atoms with Gasteiger partial charge in [0.15, 0.2) is 5.58 Å². The van der Waals surface area contributed by atoms with Gasteiger partial charge in [0.05, 0.1) is 17.3 Å². The van der Waals surface area contributed by atoms with Crippen LogP contribution in [0.1, 0.15) is 17.3 Å². The van der Waals surface area contributed by atoms with Crippen LogP contribution in [0.5, 0.6) is 5.75 Å². The molecule has 0 saturated heterocycles. The van der Waals surface area contributed by atoms with Gasteiger partial charge in [-0.05, 0) is 55.5 Å². The summed E-state index contributed by atoms with van der Waals surface area (Å²) >= 11 is 6.28. The van der Waals surface area contributed by atoms with E-state index in [0.29, 0.717) is 40.1 Å². The first-order valence-electron chi connectivity index (χ1n) is 8.84. The molecule has 1 aromatic heterocycles. The lowest BCUT2D eigenvalue weighted by Gasteiger charge is -2.10. The van der Waals surface area contributed by atoms with Crippen molar-refractivity contribution in [3.05, 3.63) is 77.3 Å². The summed E-state index contributed by atoms with van der Waals surface area (Å²) < 4.78 is 11.2. The molecule has 1 heterocycles. The molecule has 0 bridgehead atoms. The number of nitrogens with zero attached hydrogens (tertiary/aromatic N) is 1. The van der Waals surface area contributed by atoms with Crippen molar-refractivity contribution in [1.82, 2.24) is 4.98 Å². The average molecular weight is 393 g/mol. The van der Waals surface area contributed by atoms with Crippen molar-refractivity contribution < 1.29 is 13.9 Å². The maximum atomic E-state index is 12.6. The Morgan fingerprint density at radius 2 is 1.96 bits per heavy atom. The number of carbonyl (C=O) groups is 1. The highest BCUT2D eigenvalue weighted by atomic mass is 35.5. The van der Waals surface area contributed by atoms with E-state index in [4.69, 9.17) is 20.8 Å². The summed E-state index contributed by atoms with van der Waals surface area (Å²) in [6, 6.07) is 19.8. The lowest BCUT2D eigenvalue weighted by Crippen LogP contribution is -2.12. The maximum absolute atomic E-state index is 12.6. The van der Waals surface area contributed by atoms with E-state index in [1.165, 1.54) is 0 Å². The molecule has 4 aromatic rings. The van der Waals surface area contributed by atoms with E-state index in [2.05, 4.69) is 10.3 Å². The number of amides is 1. The molecule has 0 unspecified atom stereocenters.